The third-order valence-electron chi connectivity index (χ3n) is 4.66. The number of aliphatic hydroxyl groups is 1. The molecule has 6 nitrogen and oxygen atoms in total. The third-order valence-corrected chi connectivity index (χ3v) is 4.66. The number of benzene rings is 1. The molecule has 1 heterocycles. The predicted molar refractivity (Wildman–Crippen MR) is 120 cm³/mol. The Hall–Kier alpha value is -0.758. The summed E-state index contributed by atoms with van der Waals surface area (Å²) < 4.78 is 49.3. The molecular weight excluding hydrogens is 570 g/mol. The number of pyridine rings is 1. The Labute approximate surface area is 258 Å². The Bertz CT molecular complexity index is 864. The normalized spacial score (nSPS) is 11.8. The smallest absolute Gasteiger partial charge is 0.491 e. The van der Waals surface area contributed by atoms with E-state index in [0.29, 0.717) is 25.1 Å². The van der Waals surface area contributed by atoms with Gasteiger partial charge in [0, 0.05) is 30.9 Å². The molecule has 0 saturated heterocycles. The van der Waals surface area contributed by atoms with Gasteiger partial charge < -0.3 is 26.9 Å². The quantitative estimate of drug-likeness (QED) is 0.396. The first-order chi connectivity index (χ1) is 15.2. The van der Waals surface area contributed by atoms with Crippen molar-refractivity contribution in [2.24, 2.45) is 0 Å². The Morgan fingerprint density at radius 1 is 1.18 bits per heavy atom. The topological polar surface area (TPSA) is 71.9 Å². The minimum atomic E-state index is -4.44. The van der Waals surface area contributed by atoms with Gasteiger partial charge in [0.1, 0.15) is 11.5 Å². The number of carbonyl (C=O) groups excluding carboxylic acids is 1. The van der Waals surface area contributed by atoms with Gasteiger partial charge >= 0.3 is 75.1 Å². The van der Waals surface area contributed by atoms with Crippen molar-refractivity contribution >= 4 is 5.91 Å². The zero-order valence-corrected chi connectivity index (χ0v) is 26.7. The molecule has 1 N–H and O–H groups in total. The van der Waals surface area contributed by atoms with Crippen molar-refractivity contribution in [1.82, 2.24) is 9.88 Å². The summed E-state index contributed by atoms with van der Waals surface area (Å²) >= 11 is 0. The van der Waals surface area contributed by atoms with Gasteiger partial charge in [-0.05, 0) is 50.6 Å². The molecule has 0 bridgehead atoms. The van der Waals surface area contributed by atoms with Crippen LogP contribution in [-0.4, -0.2) is 52.8 Å². The molecule has 1 amide bonds. The number of ether oxygens (including phenoxy) is 2. The summed E-state index contributed by atoms with van der Waals surface area (Å²) in [6.45, 7) is 5.47. The first kappa shape index (κ1) is 33.2. The summed E-state index contributed by atoms with van der Waals surface area (Å²) in [5, 5.41) is 10.00. The SMILES string of the molecule is CCCN(C(=O)COc1ccc(C(F)(F)F)cc1)C(CO)Cc1cnccc1OC(C)C.[CH3-].[Cs+]. The molecular formula is C24H32CsF3N2O4. The molecule has 0 aliphatic carbocycles. The number of carbonyl (C=O) groups is 1. The second kappa shape index (κ2) is 16.1. The van der Waals surface area contributed by atoms with Crippen molar-refractivity contribution in [3.05, 3.63) is 61.3 Å². The number of alkyl halides is 3. The maximum Gasteiger partial charge on any atom is 1.00 e. The van der Waals surface area contributed by atoms with Crippen LogP contribution >= 0.6 is 0 Å². The fourth-order valence-electron chi connectivity index (χ4n) is 3.18. The van der Waals surface area contributed by atoms with Crippen molar-refractivity contribution in [3.63, 3.8) is 0 Å². The molecule has 1 aromatic heterocycles. The maximum absolute atomic E-state index is 12.8. The van der Waals surface area contributed by atoms with Crippen molar-refractivity contribution in [2.45, 2.75) is 51.9 Å². The molecule has 1 atom stereocenters. The van der Waals surface area contributed by atoms with Crippen LogP contribution in [0.3, 0.4) is 0 Å². The average Bonchev–Trinajstić information content (AvgIpc) is 2.75. The van der Waals surface area contributed by atoms with E-state index < -0.39 is 17.8 Å². The molecule has 0 spiro atoms. The number of rotatable bonds is 11. The zero-order chi connectivity index (χ0) is 23.7. The first-order valence-electron chi connectivity index (χ1n) is 10.5. The third kappa shape index (κ3) is 10.5. The maximum atomic E-state index is 12.8. The standard InChI is InChI=1S/C23H29F3N2O4.CH3.Cs/c1-4-11-28(19(14-29)12-17-13-27-10-9-21(17)32-16(2)3)22(30)15-31-20-7-5-18(6-8-20)23(24,25)26;;/h5-10,13,16,19,29H,4,11-12,14-15H2,1-3H3;1H3;/q;-1;+1. The minimum Gasteiger partial charge on any atom is -0.491 e. The van der Waals surface area contributed by atoms with Crippen LogP contribution in [0.25, 0.3) is 0 Å². The largest absolute Gasteiger partial charge is 1.00 e. The number of aromatic nitrogens is 1. The van der Waals surface area contributed by atoms with Gasteiger partial charge in [-0.3, -0.25) is 9.78 Å². The summed E-state index contributed by atoms with van der Waals surface area (Å²) in [5.41, 5.74) is -0.0298. The van der Waals surface area contributed by atoms with Crippen molar-refractivity contribution in [2.75, 3.05) is 19.8 Å². The number of hydrogen-bond acceptors (Lipinski definition) is 5. The van der Waals surface area contributed by atoms with Crippen LogP contribution < -0.4 is 78.4 Å². The van der Waals surface area contributed by atoms with E-state index in [1.807, 2.05) is 20.8 Å². The summed E-state index contributed by atoms with van der Waals surface area (Å²) in [7, 11) is 0. The van der Waals surface area contributed by atoms with Crippen LogP contribution in [-0.2, 0) is 17.4 Å². The molecule has 0 saturated carbocycles. The van der Waals surface area contributed by atoms with E-state index in [9.17, 15) is 23.1 Å². The molecule has 34 heavy (non-hydrogen) atoms. The molecule has 10 heteroatoms. The second-order valence-corrected chi connectivity index (χ2v) is 7.59. The van der Waals surface area contributed by atoms with Crippen LogP contribution in [0.15, 0.2) is 42.7 Å². The Morgan fingerprint density at radius 2 is 1.82 bits per heavy atom. The summed E-state index contributed by atoms with van der Waals surface area (Å²) in [4.78, 5) is 18.5. The van der Waals surface area contributed by atoms with Gasteiger partial charge in [0.15, 0.2) is 6.61 Å². The van der Waals surface area contributed by atoms with Crippen molar-refractivity contribution in [3.8, 4) is 11.5 Å². The number of nitrogens with zero attached hydrogens (tertiary/aromatic N) is 2. The number of amides is 1. The number of hydrogen-bond donors (Lipinski definition) is 1. The van der Waals surface area contributed by atoms with E-state index in [1.165, 1.54) is 17.0 Å². The van der Waals surface area contributed by atoms with Crippen LogP contribution in [0.4, 0.5) is 13.2 Å². The van der Waals surface area contributed by atoms with Gasteiger partial charge in [0.25, 0.3) is 5.91 Å². The summed E-state index contributed by atoms with van der Waals surface area (Å²) in [5.74, 6) is 0.419. The molecule has 1 aromatic carbocycles. The second-order valence-electron chi connectivity index (χ2n) is 7.59. The van der Waals surface area contributed by atoms with Crippen LogP contribution in [0.5, 0.6) is 11.5 Å². The van der Waals surface area contributed by atoms with Gasteiger partial charge in [0.05, 0.1) is 24.3 Å². The fourth-order valence-corrected chi connectivity index (χ4v) is 3.18. The average molecular weight is 602 g/mol. The van der Waals surface area contributed by atoms with E-state index in [0.717, 1.165) is 17.7 Å². The Balaban J connectivity index is 0.00000544. The van der Waals surface area contributed by atoms with Gasteiger partial charge in [-0.2, -0.15) is 13.2 Å². The van der Waals surface area contributed by atoms with E-state index >= 15 is 0 Å². The van der Waals surface area contributed by atoms with E-state index in [4.69, 9.17) is 9.47 Å². The van der Waals surface area contributed by atoms with Crippen molar-refractivity contribution in [1.29, 1.82) is 0 Å². The molecule has 2 rings (SSSR count). The van der Waals surface area contributed by atoms with Gasteiger partial charge in [-0.25, -0.2) is 0 Å². The molecule has 0 aliphatic rings. The minimum absolute atomic E-state index is 0. The molecule has 1 unspecified atom stereocenters. The van der Waals surface area contributed by atoms with Crippen LogP contribution in [0, 0.1) is 7.43 Å². The van der Waals surface area contributed by atoms with E-state index in [1.54, 1.807) is 18.5 Å². The van der Waals surface area contributed by atoms with Gasteiger partial charge in [-0.15, -0.1) is 0 Å². The van der Waals surface area contributed by atoms with Crippen LogP contribution in [0.1, 0.15) is 38.3 Å². The molecule has 2 aromatic rings. The summed E-state index contributed by atoms with van der Waals surface area (Å²) in [6.07, 6.45) is -0.237. The fraction of sp³-hybridized carbons (Fsp3) is 0.458. The monoisotopic (exact) mass is 602 g/mol. The summed E-state index contributed by atoms with van der Waals surface area (Å²) in [6, 6.07) is 5.36. The number of halogens is 3. The zero-order valence-electron chi connectivity index (χ0n) is 20.4. The van der Waals surface area contributed by atoms with Gasteiger partial charge in [0.2, 0.25) is 0 Å². The predicted octanol–water partition coefficient (Wildman–Crippen LogP) is 1.56. The van der Waals surface area contributed by atoms with Crippen LogP contribution in [0.2, 0.25) is 0 Å². The van der Waals surface area contributed by atoms with Crippen molar-refractivity contribution < 1.29 is 101 Å². The first-order valence-corrected chi connectivity index (χ1v) is 10.5. The number of aliphatic hydroxyl groups excluding tert-OH is 1. The Morgan fingerprint density at radius 3 is 2.35 bits per heavy atom. The molecule has 0 aliphatic heterocycles. The molecule has 0 fully saturated rings. The molecule has 0 radical (unpaired) electrons. The van der Waals surface area contributed by atoms with Gasteiger partial charge in [-0.1, -0.05) is 6.92 Å². The molecule has 184 valence electrons. The van der Waals surface area contributed by atoms with E-state index in [-0.39, 0.29) is 107 Å². The van der Waals surface area contributed by atoms with E-state index in [2.05, 4.69) is 4.98 Å². The Kier molecular flexibility index (Phi) is 15.7.